The second kappa shape index (κ2) is 14.1. The number of fused-ring (bicyclic) bond motifs is 1. The summed E-state index contributed by atoms with van der Waals surface area (Å²) >= 11 is 1.29. The van der Waals surface area contributed by atoms with E-state index in [1.807, 2.05) is 48.5 Å². The van der Waals surface area contributed by atoms with Gasteiger partial charge >= 0.3 is 5.97 Å². The Balaban J connectivity index is 1.52. The summed E-state index contributed by atoms with van der Waals surface area (Å²) in [6, 6.07) is 35.5. The van der Waals surface area contributed by atoms with Crippen LogP contribution in [0.3, 0.4) is 0 Å². The predicted octanol–water partition coefficient (Wildman–Crippen LogP) is 7.25. The number of ether oxygens (including phenoxy) is 3. The molecule has 0 aliphatic carbocycles. The van der Waals surface area contributed by atoms with E-state index in [2.05, 4.69) is 66.1 Å². The number of thiazole rings is 1. The van der Waals surface area contributed by atoms with E-state index in [9.17, 15) is 9.59 Å². The third-order valence-corrected chi connectivity index (χ3v) is 9.96. The summed E-state index contributed by atoms with van der Waals surface area (Å²) in [5.41, 5.74) is 8.09. The van der Waals surface area contributed by atoms with Gasteiger partial charge in [-0.1, -0.05) is 89.7 Å². The Bertz CT molecular complexity index is 2460. The van der Waals surface area contributed by atoms with E-state index in [0.717, 1.165) is 39.3 Å². The topological polar surface area (TPSA) is 84.1 Å². The molecule has 3 heterocycles. The highest BCUT2D eigenvalue weighted by Crippen LogP contribution is 2.39. The lowest BCUT2D eigenvalue weighted by atomic mass is 9.95. The molecule has 0 N–H and O–H groups in total. The molecular formula is C42H37N3O5S. The summed E-state index contributed by atoms with van der Waals surface area (Å²) in [5.74, 6) is 0.520. The molecule has 1 aliphatic heterocycles. The van der Waals surface area contributed by atoms with Crippen LogP contribution in [-0.2, 0) is 9.53 Å². The molecule has 0 radical (unpaired) electrons. The van der Waals surface area contributed by atoms with Crippen molar-refractivity contribution in [2.45, 2.75) is 26.8 Å². The normalized spacial score (nSPS) is 14.2. The second-order valence-electron chi connectivity index (χ2n) is 12.1. The van der Waals surface area contributed by atoms with Crippen molar-refractivity contribution < 1.29 is 19.0 Å². The van der Waals surface area contributed by atoms with Gasteiger partial charge in [0.15, 0.2) is 4.80 Å². The Hall–Kier alpha value is -5.93. The molecule has 1 atom stereocenters. The van der Waals surface area contributed by atoms with Crippen LogP contribution in [0.2, 0.25) is 0 Å². The fourth-order valence-corrected chi connectivity index (χ4v) is 7.62. The quantitative estimate of drug-likeness (QED) is 0.149. The van der Waals surface area contributed by atoms with Crippen molar-refractivity contribution in [3.63, 3.8) is 0 Å². The van der Waals surface area contributed by atoms with E-state index < -0.39 is 12.0 Å². The molecule has 51 heavy (non-hydrogen) atoms. The number of methoxy groups -OCH3 is 2. The Kier molecular flexibility index (Phi) is 9.30. The predicted molar refractivity (Wildman–Crippen MR) is 201 cm³/mol. The molecule has 6 aromatic rings. The number of hydrogen-bond acceptors (Lipinski definition) is 7. The average molecular weight is 696 g/mol. The van der Waals surface area contributed by atoms with Gasteiger partial charge in [-0.25, -0.2) is 9.79 Å². The fourth-order valence-electron chi connectivity index (χ4n) is 6.59. The molecule has 0 saturated heterocycles. The summed E-state index contributed by atoms with van der Waals surface area (Å²) in [5, 5.41) is 0. The van der Waals surface area contributed by atoms with Crippen LogP contribution in [0.15, 0.2) is 130 Å². The molecule has 0 unspecified atom stereocenters. The maximum absolute atomic E-state index is 14.7. The summed E-state index contributed by atoms with van der Waals surface area (Å²) in [4.78, 5) is 33.5. The van der Waals surface area contributed by atoms with Crippen LogP contribution in [0, 0.1) is 6.92 Å². The minimum atomic E-state index is -0.839. The number of hydrogen-bond donors (Lipinski definition) is 0. The molecule has 0 fully saturated rings. The van der Waals surface area contributed by atoms with Gasteiger partial charge in [0.25, 0.3) is 5.56 Å². The van der Waals surface area contributed by atoms with Gasteiger partial charge in [-0.3, -0.25) is 9.36 Å². The van der Waals surface area contributed by atoms with Gasteiger partial charge in [0, 0.05) is 22.9 Å². The monoisotopic (exact) mass is 695 g/mol. The summed E-state index contributed by atoms with van der Waals surface area (Å²) in [7, 11) is 3.13. The Labute approximate surface area is 299 Å². The molecule has 7 rings (SSSR count). The largest absolute Gasteiger partial charge is 0.497 e. The van der Waals surface area contributed by atoms with Crippen LogP contribution in [0.1, 0.15) is 36.6 Å². The highest BCUT2D eigenvalue weighted by Gasteiger charge is 2.35. The number of allylic oxidation sites excluding steroid dienone is 1. The van der Waals surface area contributed by atoms with Crippen molar-refractivity contribution in [3.8, 4) is 39.7 Å². The Morgan fingerprint density at radius 3 is 2.20 bits per heavy atom. The van der Waals surface area contributed by atoms with Crippen LogP contribution in [-0.4, -0.2) is 35.9 Å². The summed E-state index contributed by atoms with van der Waals surface area (Å²) in [6.07, 6.45) is 1.94. The van der Waals surface area contributed by atoms with Gasteiger partial charge in [-0.05, 0) is 68.3 Å². The highest BCUT2D eigenvalue weighted by atomic mass is 32.1. The zero-order valence-electron chi connectivity index (χ0n) is 29.0. The number of aromatic nitrogens is 2. The number of rotatable bonds is 9. The van der Waals surface area contributed by atoms with Crippen LogP contribution >= 0.6 is 11.3 Å². The van der Waals surface area contributed by atoms with Gasteiger partial charge in [0.05, 0.1) is 48.0 Å². The molecule has 4 aromatic carbocycles. The Morgan fingerprint density at radius 2 is 1.55 bits per heavy atom. The molecule has 2 aromatic heterocycles. The first kappa shape index (κ1) is 33.6. The van der Waals surface area contributed by atoms with Crippen molar-refractivity contribution in [2.24, 2.45) is 4.99 Å². The SMILES string of the molecule is CCOC(=O)C1=C(C)N=c2s/c(=C\c3cc(-c4ccccc4)n(-c4ccc(C)cc4)c3-c3ccccc3)c(=O)n2[C@@H]1c1ccc(OC)cc1OC. The van der Waals surface area contributed by atoms with E-state index in [1.54, 1.807) is 44.8 Å². The Morgan fingerprint density at radius 1 is 0.863 bits per heavy atom. The van der Waals surface area contributed by atoms with Crippen molar-refractivity contribution in [1.29, 1.82) is 0 Å². The van der Waals surface area contributed by atoms with Gasteiger partial charge < -0.3 is 18.8 Å². The standard InChI is InChI=1S/C42H37N3O5S/c1-6-50-41(47)37-27(3)43-42-45(39(37)33-22-21-32(48-4)25-35(33)49-5)40(46)36(51-42)24-30-23-34(28-13-9-7-10-14-28)44(31-19-17-26(2)18-20-31)38(30)29-15-11-8-12-16-29/h7-25,39H,6H2,1-5H3/b36-24-/t39-/m1/s1. The van der Waals surface area contributed by atoms with Crippen molar-refractivity contribution >= 4 is 23.4 Å². The van der Waals surface area contributed by atoms with Gasteiger partial charge in [0.2, 0.25) is 0 Å². The second-order valence-corrected chi connectivity index (χ2v) is 13.2. The number of carbonyl (C=O) groups is 1. The third-order valence-electron chi connectivity index (χ3n) is 8.98. The van der Waals surface area contributed by atoms with E-state index in [-0.39, 0.29) is 17.7 Å². The molecule has 0 spiro atoms. The van der Waals surface area contributed by atoms with Crippen LogP contribution in [0.4, 0.5) is 0 Å². The van der Waals surface area contributed by atoms with Gasteiger partial charge in [-0.15, -0.1) is 0 Å². The first-order valence-corrected chi connectivity index (χ1v) is 17.5. The van der Waals surface area contributed by atoms with Crippen molar-refractivity contribution in [3.05, 3.63) is 157 Å². The lowest BCUT2D eigenvalue weighted by molar-refractivity contribution is -0.139. The first-order chi connectivity index (χ1) is 24.8. The van der Waals surface area contributed by atoms with Crippen LogP contribution in [0.25, 0.3) is 34.3 Å². The molecule has 1 aliphatic rings. The fraction of sp³-hybridized carbons (Fsp3) is 0.167. The smallest absolute Gasteiger partial charge is 0.338 e. The zero-order chi connectivity index (χ0) is 35.6. The zero-order valence-corrected chi connectivity index (χ0v) is 29.9. The molecule has 0 saturated carbocycles. The highest BCUT2D eigenvalue weighted by molar-refractivity contribution is 7.07. The molecule has 0 bridgehead atoms. The van der Waals surface area contributed by atoms with Gasteiger partial charge in [0.1, 0.15) is 17.5 Å². The lowest BCUT2D eigenvalue weighted by Crippen LogP contribution is -2.40. The van der Waals surface area contributed by atoms with E-state index in [0.29, 0.717) is 32.1 Å². The van der Waals surface area contributed by atoms with Crippen molar-refractivity contribution in [2.75, 3.05) is 20.8 Å². The van der Waals surface area contributed by atoms with E-state index >= 15 is 0 Å². The minimum absolute atomic E-state index is 0.177. The average Bonchev–Trinajstić information content (AvgIpc) is 3.68. The number of carbonyl (C=O) groups excluding carboxylic acids is 1. The minimum Gasteiger partial charge on any atom is -0.497 e. The number of benzene rings is 4. The summed E-state index contributed by atoms with van der Waals surface area (Å²) in [6.45, 7) is 5.78. The van der Waals surface area contributed by atoms with Gasteiger partial charge in [-0.2, -0.15) is 0 Å². The maximum Gasteiger partial charge on any atom is 0.338 e. The number of esters is 1. The lowest BCUT2D eigenvalue weighted by Gasteiger charge is -2.26. The number of aryl methyl sites for hydroxylation is 1. The molecule has 0 amide bonds. The van der Waals surface area contributed by atoms with E-state index in [4.69, 9.17) is 19.2 Å². The third kappa shape index (κ3) is 6.21. The number of nitrogens with zero attached hydrogens (tertiary/aromatic N) is 3. The summed E-state index contributed by atoms with van der Waals surface area (Å²) < 4.78 is 21.0. The van der Waals surface area contributed by atoms with Crippen LogP contribution in [0.5, 0.6) is 11.5 Å². The van der Waals surface area contributed by atoms with Crippen LogP contribution < -0.4 is 24.4 Å². The first-order valence-electron chi connectivity index (χ1n) is 16.7. The van der Waals surface area contributed by atoms with E-state index in [1.165, 1.54) is 11.3 Å². The molecule has 256 valence electrons. The maximum atomic E-state index is 14.7. The molecule has 8 nitrogen and oxygen atoms in total. The molecular weight excluding hydrogens is 659 g/mol. The van der Waals surface area contributed by atoms with Crippen molar-refractivity contribution in [1.82, 2.24) is 9.13 Å². The molecule has 9 heteroatoms.